The molecule has 1 amide bonds. The molecule has 1 atom stereocenters. The van der Waals surface area contributed by atoms with Crippen LogP contribution in [0.25, 0.3) is 0 Å². The molecule has 1 rings (SSSR count). The maximum absolute atomic E-state index is 10.8. The van der Waals surface area contributed by atoms with Crippen LogP contribution in [0.1, 0.15) is 19.4 Å². The van der Waals surface area contributed by atoms with Crippen LogP contribution in [-0.4, -0.2) is 32.3 Å². The van der Waals surface area contributed by atoms with Gasteiger partial charge in [-0.2, -0.15) is 0 Å². The summed E-state index contributed by atoms with van der Waals surface area (Å²) >= 11 is 1.12. The van der Waals surface area contributed by atoms with Crippen LogP contribution in [0.3, 0.4) is 0 Å². The number of hydrogen-bond donors (Lipinski definition) is 2. The molecule has 1 heterocycles. The molecule has 0 saturated carbocycles. The summed E-state index contributed by atoms with van der Waals surface area (Å²) in [5.74, 6) is -1.35. The van der Waals surface area contributed by atoms with Crippen LogP contribution in [0.15, 0.2) is 17.6 Å². The monoisotopic (exact) mass is 243 g/mol. The Morgan fingerprint density at radius 2 is 2.38 bits per heavy atom. The zero-order chi connectivity index (χ0) is 12.1. The number of carboxylic acids is 1. The molecule has 6 nitrogen and oxygen atoms in total. The topological polar surface area (TPSA) is 98.2 Å². The van der Waals surface area contributed by atoms with Crippen molar-refractivity contribution in [3.8, 4) is 0 Å². The van der Waals surface area contributed by atoms with E-state index in [4.69, 9.17) is 10.8 Å². The molecule has 0 saturated heterocycles. The number of carbonyl (C=O) groups is 2. The molecule has 0 bridgehead atoms. The average molecular weight is 243 g/mol. The number of thioether (sulfide) groups is 1. The fourth-order valence-corrected chi connectivity index (χ4v) is 2.04. The normalized spacial score (nSPS) is 12.3. The number of aromatic nitrogens is 2. The molecule has 0 aromatic carbocycles. The summed E-state index contributed by atoms with van der Waals surface area (Å²) in [4.78, 5) is 25.2. The zero-order valence-electron chi connectivity index (χ0n) is 8.79. The molecule has 0 radical (unpaired) electrons. The third kappa shape index (κ3) is 3.58. The summed E-state index contributed by atoms with van der Waals surface area (Å²) < 4.78 is 1.75. The lowest BCUT2D eigenvalue weighted by atomic mass is 10.2. The number of rotatable bonds is 6. The minimum Gasteiger partial charge on any atom is -0.481 e. The minimum atomic E-state index is -0.901. The molecular formula is C9H13N3O3S. The van der Waals surface area contributed by atoms with Crippen molar-refractivity contribution in [3.63, 3.8) is 0 Å². The van der Waals surface area contributed by atoms with Gasteiger partial charge in [-0.3, -0.25) is 9.59 Å². The molecule has 1 aromatic rings. The van der Waals surface area contributed by atoms with Gasteiger partial charge in [-0.25, -0.2) is 4.98 Å². The summed E-state index contributed by atoms with van der Waals surface area (Å²) in [6.45, 7) is 1.83. The van der Waals surface area contributed by atoms with E-state index in [9.17, 15) is 9.59 Å². The van der Waals surface area contributed by atoms with Crippen molar-refractivity contribution in [3.05, 3.63) is 12.4 Å². The first-order valence-corrected chi connectivity index (χ1v) is 5.65. The van der Waals surface area contributed by atoms with Crippen LogP contribution >= 0.6 is 11.8 Å². The van der Waals surface area contributed by atoms with Crippen LogP contribution in [0, 0.1) is 0 Å². The van der Waals surface area contributed by atoms with Gasteiger partial charge >= 0.3 is 5.97 Å². The highest BCUT2D eigenvalue weighted by atomic mass is 32.2. The van der Waals surface area contributed by atoms with Gasteiger partial charge in [-0.15, -0.1) is 0 Å². The van der Waals surface area contributed by atoms with Crippen molar-refractivity contribution in [2.45, 2.75) is 24.5 Å². The molecule has 0 spiro atoms. The first kappa shape index (κ1) is 12.6. The van der Waals surface area contributed by atoms with Gasteiger partial charge in [0.2, 0.25) is 5.91 Å². The van der Waals surface area contributed by atoms with Crippen molar-refractivity contribution in [1.82, 2.24) is 9.55 Å². The molecule has 3 N–H and O–H groups in total. The second-order valence-electron chi connectivity index (χ2n) is 3.32. The maximum atomic E-state index is 10.8. The molecule has 0 aliphatic carbocycles. The van der Waals surface area contributed by atoms with E-state index in [0.717, 1.165) is 11.8 Å². The number of imidazole rings is 1. The second-order valence-corrected chi connectivity index (χ2v) is 4.26. The third-order valence-electron chi connectivity index (χ3n) is 1.93. The lowest BCUT2D eigenvalue weighted by Crippen LogP contribution is -2.17. The molecule has 0 aliphatic rings. The van der Waals surface area contributed by atoms with E-state index in [1.807, 2.05) is 6.92 Å². The SMILES string of the molecule is CC(CC(N)=O)n1ccnc1SCC(=O)O. The maximum Gasteiger partial charge on any atom is 0.313 e. The molecule has 1 aromatic heterocycles. The van der Waals surface area contributed by atoms with Gasteiger partial charge in [0.1, 0.15) is 0 Å². The Labute approximate surface area is 96.8 Å². The first-order chi connectivity index (χ1) is 7.50. The van der Waals surface area contributed by atoms with E-state index >= 15 is 0 Å². The number of nitrogens with zero attached hydrogens (tertiary/aromatic N) is 2. The van der Waals surface area contributed by atoms with Crippen LogP contribution in [-0.2, 0) is 9.59 Å². The standard InChI is InChI=1S/C9H13N3O3S/c1-6(4-7(10)13)12-3-2-11-9(12)16-5-8(14)15/h2-3,6H,4-5H2,1H3,(H2,10,13)(H,14,15). The molecule has 7 heteroatoms. The van der Waals surface area contributed by atoms with E-state index < -0.39 is 11.9 Å². The lowest BCUT2D eigenvalue weighted by molar-refractivity contribution is -0.134. The highest BCUT2D eigenvalue weighted by Crippen LogP contribution is 2.21. The van der Waals surface area contributed by atoms with Crippen LogP contribution in [0.4, 0.5) is 0 Å². The van der Waals surface area contributed by atoms with E-state index in [2.05, 4.69) is 4.98 Å². The number of aliphatic carboxylic acids is 1. The van der Waals surface area contributed by atoms with Crippen LogP contribution in [0.5, 0.6) is 0 Å². The highest BCUT2D eigenvalue weighted by molar-refractivity contribution is 7.99. The van der Waals surface area contributed by atoms with Gasteiger partial charge in [0, 0.05) is 24.9 Å². The van der Waals surface area contributed by atoms with E-state index in [1.54, 1.807) is 17.0 Å². The molecule has 88 valence electrons. The van der Waals surface area contributed by atoms with Crippen LogP contribution in [0.2, 0.25) is 0 Å². The van der Waals surface area contributed by atoms with Crippen LogP contribution < -0.4 is 5.73 Å². The van der Waals surface area contributed by atoms with Crippen molar-refractivity contribution < 1.29 is 14.7 Å². The fourth-order valence-electron chi connectivity index (χ4n) is 1.26. The number of nitrogens with two attached hydrogens (primary N) is 1. The summed E-state index contributed by atoms with van der Waals surface area (Å²) in [6, 6.07) is -0.115. The Hall–Kier alpha value is -1.50. The summed E-state index contributed by atoms with van der Waals surface area (Å²) in [6.07, 6.45) is 3.48. The van der Waals surface area contributed by atoms with Gasteiger partial charge < -0.3 is 15.4 Å². The quantitative estimate of drug-likeness (QED) is 0.709. The largest absolute Gasteiger partial charge is 0.481 e. The van der Waals surface area contributed by atoms with Crippen molar-refractivity contribution in [1.29, 1.82) is 0 Å². The lowest BCUT2D eigenvalue weighted by Gasteiger charge is -2.13. The number of carboxylic acid groups (broad SMARTS) is 1. The van der Waals surface area contributed by atoms with E-state index in [0.29, 0.717) is 5.16 Å². The Morgan fingerprint density at radius 1 is 1.69 bits per heavy atom. The van der Waals surface area contributed by atoms with E-state index in [-0.39, 0.29) is 18.2 Å². The second kappa shape index (κ2) is 5.55. The van der Waals surface area contributed by atoms with Crippen molar-refractivity contribution in [2.75, 3.05) is 5.75 Å². The Balaban J connectivity index is 2.69. The van der Waals surface area contributed by atoms with E-state index in [1.165, 1.54) is 0 Å². The Kier molecular flexibility index (Phi) is 4.36. The van der Waals surface area contributed by atoms with Crippen molar-refractivity contribution in [2.24, 2.45) is 5.73 Å². The number of hydrogen-bond acceptors (Lipinski definition) is 4. The first-order valence-electron chi connectivity index (χ1n) is 4.66. The van der Waals surface area contributed by atoms with Crippen molar-refractivity contribution >= 4 is 23.6 Å². The van der Waals surface area contributed by atoms with Gasteiger partial charge in [0.25, 0.3) is 0 Å². The molecule has 1 unspecified atom stereocenters. The zero-order valence-corrected chi connectivity index (χ0v) is 9.61. The predicted molar refractivity (Wildman–Crippen MR) is 59.1 cm³/mol. The Bertz CT molecular complexity index is 391. The smallest absolute Gasteiger partial charge is 0.313 e. The van der Waals surface area contributed by atoms with Gasteiger partial charge in [0.15, 0.2) is 5.16 Å². The summed E-state index contributed by atoms with van der Waals surface area (Å²) in [5.41, 5.74) is 5.10. The summed E-state index contributed by atoms with van der Waals surface area (Å²) in [7, 11) is 0. The highest BCUT2D eigenvalue weighted by Gasteiger charge is 2.13. The average Bonchev–Trinajstić information content (AvgIpc) is 2.61. The van der Waals surface area contributed by atoms with Gasteiger partial charge in [-0.1, -0.05) is 11.8 Å². The Morgan fingerprint density at radius 3 is 2.94 bits per heavy atom. The predicted octanol–water partition coefficient (Wildman–Crippen LogP) is 0.496. The number of amides is 1. The fraction of sp³-hybridized carbons (Fsp3) is 0.444. The third-order valence-corrected chi connectivity index (χ3v) is 2.90. The molecule has 0 fully saturated rings. The minimum absolute atomic E-state index is 0.0553. The molecule has 16 heavy (non-hydrogen) atoms. The molecular weight excluding hydrogens is 230 g/mol. The van der Waals surface area contributed by atoms with Gasteiger partial charge in [0.05, 0.1) is 5.75 Å². The van der Waals surface area contributed by atoms with Gasteiger partial charge in [-0.05, 0) is 6.92 Å². The number of carbonyl (C=O) groups excluding carboxylic acids is 1. The number of primary amides is 1. The summed E-state index contributed by atoms with van der Waals surface area (Å²) in [5, 5.41) is 9.13. The molecule has 0 aliphatic heterocycles.